The van der Waals surface area contributed by atoms with Gasteiger partial charge in [-0.2, -0.15) is 16.1 Å². The number of thioether (sulfide) groups is 2. The van der Waals surface area contributed by atoms with E-state index in [1.165, 1.54) is 16.1 Å². The monoisotopic (exact) mass is 695 g/mol. The Kier molecular flexibility index (Phi) is 10.5. The van der Waals surface area contributed by atoms with Crippen LogP contribution in [0.2, 0.25) is 0 Å². The summed E-state index contributed by atoms with van der Waals surface area (Å²) < 4.78 is 37.6. The molecule has 4 aromatic rings. The molecule has 200 valence electrons. The van der Waals surface area contributed by atoms with Gasteiger partial charge in [0.1, 0.15) is 6.04 Å². The first-order chi connectivity index (χ1) is 18.3. The van der Waals surface area contributed by atoms with Gasteiger partial charge in [0.05, 0.1) is 4.90 Å². The van der Waals surface area contributed by atoms with Gasteiger partial charge in [-0.25, -0.2) is 8.42 Å². The van der Waals surface area contributed by atoms with Crippen LogP contribution >= 0.6 is 55.4 Å². The van der Waals surface area contributed by atoms with E-state index in [0.29, 0.717) is 23.3 Å². The number of benzene rings is 3. The van der Waals surface area contributed by atoms with Gasteiger partial charge in [0.2, 0.25) is 15.9 Å². The number of aryl methyl sites for hydroxylation is 1. The van der Waals surface area contributed by atoms with Gasteiger partial charge in [0.15, 0.2) is 0 Å². The average Bonchev–Trinajstić information content (AvgIpc) is 3.38. The molecule has 0 aliphatic rings. The van der Waals surface area contributed by atoms with Crippen molar-refractivity contribution >= 4 is 65.4 Å². The third-order valence-corrected chi connectivity index (χ3v) is 10.3. The number of halogens is 2. The largest absolute Gasteiger partial charge is 0.414 e. The fourth-order valence-electron chi connectivity index (χ4n) is 3.74. The van der Waals surface area contributed by atoms with Crippen LogP contribution in [0.25, 0.3) is 0 Å². The molecule has 0 aliphatic carbocycles. The number of hydrogen-bond donors (Lipinski definition) is 0. The fraction of sp³-hybridized carbons (Fsp3) is 0.259. The molecule has 1 heterocycles. The molecule has 0 bridgehead atoms. The molecule has 0 saturated heterocycles. The van der Waals surface area contributed by atoms with Crippen molar-refractivity contribution in [2.24, 2.45) is 0 Å². The number of sulfonamides is 1. The van der Waals surface area contributed by atoms with Gasteiger partial charge in [-0.3, -0.25) is 0 Å². The van der Waals surface area contributed by atoms with Crippen molar-refractivity contribution in [2.75, 3.05) is 12.0 Å². The van der Waals surface area contributed by atoms with Gasteiger partial charge in [0, 0.05) is 21.2 Å². The van der Waals surface area contributed by atoms with Crippen LogP contribution in [0, 0.1) is 6.92 Å². The molecule has 1 atom stereocenters. The maximum atomic E-state index is 14.0. The summed E-state index contributed by atoms with van der Waals surface area (Å²) in [6, 6.07) is 22.0. The normalized spacial score (nSPS) is 12.7. The maximum absolute atomic E-state index is 14.0. The van der Waals surface area contributed by atoms with E-state index in [9.17, 15) is 8.42 Å². The molecule has 11 heteroatoms. The van der Waals surface area contributed by atoms with Gasteiger partial charge in [-0.1, -0.05) is 85.6 Å². The Labute approximate surface area is 249 Å². The zero-order chi connectivity index (χ0) is 27.1. The average molecular weight is 698 g/mol. The van der Waals surface area contributed by atoms with Gasteiger partial charge >= 0.3 is 0 Å². The van der Waals surface area contributed by atoms with Gasteiger partial charge in [-0.05, 0) is 72.9 Å². The molecule has 0 saturated carbocycles. The molecular formula is C27H27Br2N3O3S3. The van der Waals surface area contributed by atoms with Crippen LogP contribution in [0.3, 0.4) is 0 Å². The van der Waals surface area contributed by atoms with Gasteiger partial charge in [0.25, 0.3) is 5.22 Å². The molecule has 0 radical (unpaired) electrons. The molecule has 1 aromatic heterocycles. The van der Waals surface area contributed by atoms with Crippen molar-refractivity contribution in [3.05, 3.63) is 104 Å². The summed E-state index contributed by atoms with van der Waals surface area (Å²) in [4.78, 5) is 0.235. The molecule has 1 unspecified atom stereocenters. The van der Waals surface area contributed by atoms with Crippen LogP contribution in [0.5, 0.6) is 0 Å². The lowest BCUT2D eigenvalue weighted by atomic mass is 10.2. The highest BCUT2D eigenvalue weighted by Crippen LogP contribution is 2.34. The van der Waals surface area contributed by atoms with Gasteiger partial charge < -0.3 is 4.42 Å². The summed E-state index contributed by atoms with van der Waals surface area (Å²) in [6.07, 6.45) is 2.53. The highest BCUT2D eigenvalue weighted by atomic mass is 79.9. The Bertz CT molecular complexity index is 1430. The molecule has 0 aliphatic heterocycles. The minimum Gasteiger partial charge on any atom is -0.414 e. The molecule has 3 aromatic carbocycles. The summed E-state index contributed by atoms with van der Waals surface area (Å²) in [6.45, 7) is 2.11. The summed E-state index contributed by atoms with van der Waals surface area (Å²) in [5.74, 6) is 1.69. The lowest BCUT2D eigenvalue weighted by molar-refractivity contribution is 0.251. The SMILES string of the molecule is CSCCC(c1nnc(SCc2ccc(Br)cc2)o1)N(Cc1ccc(Br)cc1)S(=O)(=O)c1ccc(C)cc1. The Morgan fingerprint density at radius 1 is 0.895 bits per heavy atom. The summed E-state index contributed by atoms with van der Waals surface area (Å²) in [5, 5.41) is 8.98. The molecule has 38 heavy (non-hydrogen) atoms. The summed E-state index contributed by atoms with van der Waals surface area (Å²) in [7, 11) is -3.88. The van der Waals surface area contributed by atoms with Crippen LogP contribution < -0.4 is 0 Å². The first-order valence-corrected chi connectivity index (χ1v) is 17.2. The molecule has 4 rings (SSSR count). The van der Waals surface area contributed by atoms with E-state index in [1.54, 1.807) is 23.9 Å². The zero-order valence-corrected chi connectivity index (χ0v) is 26.5. The van der Waals surface area contributed by atoms with E-state index in [0.717, 1.165) is 31.4 Å². The maximum Gasteiger partial charge on any atom is 0.276 e. The minimum absolute atomic E-state index is 0.173. The molecule has 0 fully saturated rings. The van der Waals surface area contributed by atoms with Crippen molar-refractivity contribution in [1.29, 1.82) is 0 Å². The standard InChI is InChI=1S/C27H27Br2N3O3S3/c1-19-3-13-24(14-4-19)38(33,34)32(17-20-5-9-22(28)10-6-20)25(15-16-36-2)26-30-31-27(35-26)37-18-21-7-11-23(29)12-8-21/h3-14,25H,15-18H2,1-2H3. The van der Waals surface area contributed by atoms with Gasteiger partial charge in [-0.15, -0.1) is 10.2 Å². The number of hydrogen-bond acceptors (Lipinski definition) is 7. The number of nitrogens with zero attached hydrogens (tertiary/aromatic N) is 3. The predicted octanol–water partition coefficient (Wildman–Crippen LogP) is 7.88. The van der Waals surface area contributed by atoms with Crippen LogP contribution in [0.1, 0.15) is 35.0 Å². The highest BCUT2D eigenvalue weighted by Gasteiger charge is 2.35. The molecule has 0 N–H and O–H groups in total. The first kappa shape index (κ1) is 29.4. The lowest BCUT2D eigenvalue weighted by Crippen LogP contribution is -2.35. The van der Waals surface area contributed by atoms with E-state index < -0.39 is 16.1 Å². The van der Waals surface area contributed by atoms with Crippen LogP contribution in [-0.2, 0) is 22.3 Å². The Morgan fingerprint density at radius 3 is 2.11 bits per heavy atom. The van der Waals surface area contributed by atoms with Crippen LogP contribution in [-0.4, -0.2) is 34.9 Å². The third kappa shape index (κ3) is 7.73. The second-order valence-electron chi connectivity index (χ2n) is 8.61. The molecular weight excluding hydrogens is 670 g/mol. The highest BCUT2D eigenvalue weighted by molar-refractivity contribution is 9.10. The fourth-order valence-corrected chi connectivity index (χ4v) is 7.05. The predicted molar refractivity (Wildman–Crippen MR) is 162 cm³/mol. The minimum atomic E-state index is -3.88. The van der Waals surface area contributed by atoms with Crippen LogP contribution in [0.4, 0.5) is 0 Å². The molecule has 0 amide bonds. The van der Waals surface area contributed by atoms with Crippen molar-refractivity contribution in [2.45, 2.75) is 41.8 Å². The van der Waals surface area contributed by atoms with Crippen molar-refractivity contribution in [3.8, 4) is 0 Å². The number of aromatic nitrogens is 2. The number of rotatable bonds is 12. The van der Waals surface area contributed by atoms with E-state index in [1.807, 2.05) is 73.8 Å². The zero-order valence-electron chi connectivity index (χ0n) is 20.9. The second kappa shape index (κ2) is 13.6. The Balaban J connectivity index is 1.67. The van der Waals surface area contributed by atoms with Crippen molar-refractivity contribution in [1.82, 2.24) is 14.5 Å². The Hall–Kier alpha value is -1.63. The van der Waals surface area contributed by atoms with E-state index in [4.69, 9.17) is 4.42 Å². The molecule has 0 spiro atoms. The third-order valence-electron chi connectivity index (χ3n) is 5.80. The van der Waals surface area contributed by atoms with E-state index in [-0.39, 0.29) is 11.4 Å². The quantitative estimate of drug-likeness (QED) is 0.140. The lowest BCUT2D eigenvalue weighted by Gasteiger charge is -2.29. The van der Waals surface area contributed by atoms with E-state index in [2.05, 4.69) is 42.1 Å². The smallest absolute Gasteiger partial charge is 0.276 e. The van der Waals surface area contributed by atoms with E-state index >= 15 is 0 Å². The van der Waals surface area contributed by atoms with Crippen molar-refractivity contribution in [3.63, 3.8) is 0 Å². The summed E-state index contributed by atoms with van der Waals surface area (Å²) in [5.41, 5.74) is 2.98. The Morgan fingerprint density at radius 2 is 1.50 bits per heavy atom. The second-order valence-corrected chi connectivity index (χ2v) is 14.2. The first-order valence-electron chi connectivity index (χ1n) is 11.8. The van der Waals surface area contributed by atoms with Crippen molar-refractivity contribution < 1.29 is 12.8 Å². The molecule has 6 nitrogen and oxygen atoms in total. The topological polar surface area (TPSA) is 76.3 Å². The van der Waals surface area contributed by atoms with Crippen LogP contribution in [0.15, 0.2) is 96.3 Å². The summed E-state index contributed by atoms with van der Waals surface area (Å²) >= 11 is 9.99.